The Morgan fingerprint density at radius 2 is 1.90 bits per heavy atom. The van der Waals surface area contributed by atoms with Crippen molar-refractivity contribution in [2.24, 2.45) is 11.7 Å². The van der Waals surface area contributed by atoms with Crippen LogP contribution in [0.25, 0.3) is 0 Å². The average molecular weight is 301 g/mol. The molecule has 1 heterocycles. The molecule has 0 spiro atoms. The molecule has 0 aromatic carbocycles. The third-order valence-electron chi connectivity index (χ3n) is 2.53. The number of sulfonamides is 1. The first-order chi connectivity index (χ1) is 9.27. The van der Waals surface area contributed by atoms with Gasteiger partial charge in [0.2, 0.25) is 21.9 Å². The molecular weight excluding hydrogens is 282 g/mol. The zero-order valence-corrected chi connectivity index (χ0v) is 12.4. The van der Waals surface area contributed by atoms with Crippen molar-refractivity contribution in [3.05, 3.63) is 12.4 Å². The standard InChI is InChI=1S/C11H19N5O3S/c1-4-13-11-14-5-8(6-15-11)20(18,19)16-9(7(2)3)10(12)17/h5-7,9,16H,4H2,1-3H3,(H2,12,17)(H,13,14,15). The molecule has 1 aromatic heterocycles. The molecule has 0 aliphatic rings. The Balaban J connectivity index is 2.95. The predicted molar refractivity (Wildman–Crippen MR) is 74.3 cm³/mol. The summed E-state index contributed by atoms with van der Waals surface area (Å²) in [6.07, 6.45) is 2.34. The van der Waals surface area contributed by atoms with Crippen molar-refractivity contribution >= 4 is 21.9 Å². The maximum atomic E-state index is 12.1. The summed E-state index contributed by atoms with van der Waals surface area (Å²) in [5.41, 5.74) is 5.18. The van der Waals surface area contributed by atoms with Gasteiger partial charge in [-0.2, -0.15) is 4.72 Å². The molecule has 4 N–H and O–H groups in total. The third kappa shape index (κ3) is 4.14. The minimum atomic E-state index is -3.88. The highest BCUT2D eigenvalue weighted by Crippen LogP contribution is 2.11. The first-order valence-corrected chi connectivity index (χ1v) is 7.63. The number of nitrogens with zero attached hydrogens (tertiary/aromatic N) is 2. The van der Waals surface area contributed by atoms with Crippen LogP contribution < -0.4 is 15.8 Å². The van der Waals surface area contributed by atoms with Crippen molar-refractivity contribution < 1.29 is 13.2 Å². The van der Waals surface area contributed by atoms with Crippen LogP contribution in [0.3, 0.4) is 0 Å². The molecule has 0 saturated carbocycles. The van der Waals surface area contributed by atoms with E-state index in [9.17, 15) is 13.2 Å². The van der Waals surface area contributed by atoms with Gasteiger partial charge < -0.3 is 11.1 Å². The molecular formula is C11H19N5O3S. The van der Waals surface area contributed by atoms with Gasteiger partial charge in [0.1, 0.15) is 10.9 Å². The van der Waals surface area contributed by atoms with Gasteiger partial charge in [0.05, 0.1) is 12.4 Å². The van der Waals surface area contributed by atoms with Crippen LogP contribution in [-0.2, 0) is 14.8 Å². The number of anilines is 1. The normalized spacial score (nSPS) is 13.2. The molecule has 112 valence electrons. The second-order valence-electron chi connectivity index (χ2n) is 4.52. The van der Waals surface area contributed by atoms with E-state index in [4.69, 9.17) is 5.73 Å². The summed E-state index contributed by atoms with van der Waals surface area (Å²) in [6.45, 7) is 5.89. The molecule has 0 aliphatic carbocycles. The van der Waals surface area contributed by atoms with Gasteiger partial charge in [0, 0.05) is 6.54 Å². The van der Waals surface area contributed by atoms with E-state index in [1.54, 1.807) is 13.8 Å². The van der Waals surface area contributed by atoms with Crippen LogP contribution in [0.4, 0.5) is 5.95 Å². The summed E-state index contributed by atoms with van der Waals surface area (Å²) in [6, 6.07) is -0.978. The zero-order chi connectivity index (χ0) is 15.3. The van der Waals surface area contributed by atoms with E-state index in [1.165, 1.54) is 12.4 Å². The fraction of sp³-hybridized carbons (Fsp3) is 0.545. The molecule has 1 aromatic rings. The average Bonchev–Trinajstić information content (AvgIpc) is 2.36. The Kier molecular flexibility index (Phi) is 5.40. The Hall–Kier alpha value is -1.74. The molecule has 1 unspecified atom stereocenters. The van der Waals surface area contributed by atoms with Gasteiger partial charge in [-0.05, 0) is 12.8 Å². The van der Waals surface area contributed by atoms with E-state index < -0.39 is 22.0 Å². The van der Waals surface area contributed by atoms with Crippen molar-refractivity contribution in [2.45, 2.75) is 31.7 Å². The maximum Gasteiger partial charge on any atom is 0.244 e. The van der Waals surface area contributed by atoms with Crippen LogP contribution in [-0.4, -0.2) is 36.9 Å². The van der Waals surface area contributed by atoms with E-state index in [2.05, 4.69) is 20.0 Å². The van der Waals surface area contributed by atoms with Crippen LogP contribution in [0.1, 0.15) is 20.8 Å². The zero-order valence-electron chi connectivity index (χ0n) is 11.6. The van der Waals surface area contributed by atoms with Crippen molar-refractivity contribution in [1.29, 1.82) is 0 Å². The van der Waals surface area contributed by atoms with Crippen molar-refractivity contribution in [3.8, 4) is 0 Å². The summed E-state index contributed by atoms with van der Waals surface area (Å²) in [4.78, 5) is 18.9. The van der Waals surface area contributed by atoms with Crippen LogP contribution >= 0.6 is 0 Å². The predicted octanol–water partition coefficient (Wildman–Crippen LogP) is -0.303. The van der Waals surface area contributed by atoms with Crippen LogP contribution in [0.5, 0.6) is 0 Å². The highest BCUT2D eigenvalue weighted by molar-refractivity contribution is 7.89. The number of hydrogen-bond acceptors (Lipinski definition) is 6. The highest BCUT2D eigenvalue weighted by Gasteiger charge is 2.27. The molecule has 0 aliphatic heterocycles. The summed E-state index contributed by atoms with van der Waals surface area (Å²) >= 11 is 0. The van der Waals surface area contributed by atoms with E-state index in [0.717, 1.165) is 0 Å². The molecule has 0 fully saturated rings. The van der Waals surface area contributed by atoms with Gasteiger partial charge in [-0.3, -0.25) is 4.79 Å². The largest absolute Gasteiger partial charge is 0.368 e. The molecule has 9 heteroatoms. The van der Waals surface area contributed by atoms with Gasteiger partial charge in [-0.25, -0.2) is 18.4 Å². The fourth-order valence-electron chi connectivity index (χ4n) is 1.46. The monoisotopic (exact) mass is 301 g/mol. The first-order valence-electron chi connectivity index (χ1n) is 6.15. The second-order valence-corrected chi connectivity index (χ2v) is 6.23. The summed E-state index contributed by atoms with van der Waals surface area (Å²) in [7, 11) is -3.88. The van der Waals surface area contributed by atoms with Gasteiger partial charge in [-0.15, -0.1) is 0 Å². The lowest BCUT2D eigenvalue weighted by Crippen LogP contribution is -2.47. The minimum absolute atomic E-state index is 0.119. The molecule has 0 saturated heterocycles. The molecule has 1 amide bonds. The van der Waals surface area contributed by atoms with E-state index in [-0.39, 0.29) is 10.8 Å². The number of rotatable bonds is 7. The number of aromatic nitrogens is 2. The Labute approximate surface area is 118 Å². The number of carbonyl (C=O) groups is 1. The maximum absolute atomic E-state index is 12.1. The number of nitrogens with one attached hydrogen (secondary N) is 2. The van der Waals surface area contributed by atoms with Gasteiger partial charge in [0.25, 0.3) is 0 Å². The molecule has 1 atom stereocenters. The van der Waals surface area contributed by atoms with E-state index in [1.807, 2.05) is 6.92 Å². The van der Waals surface area contributed by atoms with E-state index >= 15 is 0 Å². The smallest absolute Gasteiger partial charge is 0.244 e. The van der Waals surface area contributed by atoms with Crippen molar-refractivity contribution in [1.82, 2.24) is 14.7 Å². The van der Waals surface area contributed by atoms with Gasteiger partial charge >= 0.3 is 0 Å². The van der Waals surface area contributed by atoms with Crippen molar-refractivity contribution in [3.63, 3.8) is 0 Å². The number of nitrogens with two attached hydrogens (primary N) is 1. The number of amides is 1. The highest BCUT2D eigenvalue weighted by atomic mass is 32.2. The topological polar surface area (TPSA) is 127 Å². The number of primary amides is 1. The van der Waals surface area contributed by atoms with Crippen molar-refractivity contribution in [2.75, 3.05) is 11.9 Å². The lowest BCUT2D eigenvalue weighted by molar-refractivity contribution is -0.120. The Morgan fingerprint density at radius 1 is 1.35 bits per heavy atom. The van der Waals surface area contributed by atoms with Gasteiger partial charge in [-0.1, -0.05) is 13.8 Å². The fourth-order valence-corrected chi connectivity index (χ4v) is 2.70. The SMILES string of the molecule is CCNc1ncc(S(=O)(=O)NC(C(N)=O)C(C)C)cn1. The van der Waals surface area contributed by atoms with Crippen LogP contribution in [0.2, 0.25) is 0 Å². The first kappa shape index (κ1) is 16.3. The van der Waals surface area contributed by atoms with Crippen LogP contribution in [0.15, 0.2) is 17.3 Å². The minimum Gasteiger partial charge on any atom is -0.368 e. The Bertz CT molecular complexity index is 556. The summed E-state index contributed by atoms with van der Waals surface area (Å²) in [5, 5.41) is 2.85. The van der Waals surface area contributed by atoms with Crippen LogP contribution in [0, 0.1) is 5.92 Å². The lowest BCUT2D eigenvalue weighted by atomic mass is 10.1. The molecule has 8 nitrogen and oxygen atoms in total. The quantitative estimate of drug-likeness (QED) is 0.634. The lowest BCUT2D eigenvalue weighted by Gasteiger charge is -2.18. The summed E-state index contributed by atoms with van der Waals surface area (Å²) < 4.78 is 26.5. The molecule has 0 radical (unpaired) electrons. The van der Waals surface area contributed by atoms with E-state index in [0.29, 0.717) is 12.5 Å². The number of hydrogen-bond donors (Lipinski definition) is 3. The second kappa shape index (κ2) is 6.62. The van der Waals surface area contributed by atoms with Gasteiger partial charge in [0.15, 0.2) is 0 Å². The Morgan fingerprint density at radius 3 is 2.30 bits per heavy atom. The summed E-state index contributed by atoms with van der Waals surface area (Å²) in [5.74, 6) is -0.653. The number of carbonyl (C=O) groups excluding carboxylic acids is 1. The molecule has 20 heavy (non-hydrogen) atoms. The molecule has 1 rings (SSSR count). The third-order valence-corrected chi connectivity index (χ3v) is 3.92. The molecule has 0 bridgehead atoms.